The molecule has 1 aromatic heterocycles. The van der Waals surface area contributed by atoms with E-state index >= 15 is 0 Å². The fraction of sp³-hybridized carbons (Fsp3) is 0.385. The summed E-state index contributed by atoms with van der Waals surface area (Å²) in [5, 5.41) is 8.18. The van der Waals surface area contributed by atoms with Crippen LogP contribution in [0.4, 0.5) is 0 Å². The Morgan fingerprint density at radius 3 is 2.68 bits per heavy atom. The number of rotatable bonds is 6. The van der Waals surface area contributed by atoms with Gasteiger partial charge < -0.3 is 5.32 Å². The summed E-state index contributed by atoms with van der Waals surface area (Å²) in [5.74, 6) is 1.97. The third-order valence-electron chi connectivity index (χ3n) is 2.91. The lowest BCUT2D eigenvalue weighted by atomic mass is 10.2. The predicted octanol–water partition coefficient (Wildman–Crippen LogP) is 2.39. The molecule has 0 radical (unpaired) electrons. The lowest BCUT2D eigenvalue weighted by Crippen LogP contribution is -2.31. The van der Waals surface area contributed by atoms with Gasteiger partial charge in [-0.2, -0.15) is 5.10 Å². The molecular formula is C13H17ClN4S. The second kappa shape index (κ2) is 6.93. The van der Waals surface area contributed by atoms with E-state index < -0.39 is 0 Å². The van der Waals surface area contributed by atoms with Gasteiger partial charge in [0.2, 0.25) is 0 Å². The van der Waals surface area contributed by atoms with Crippen molar-refractivity contribution in [2.75, 3.05) is 12.8 Å². The summed E-state index contributed by atoms with van der Waals surface area (Å²) in [6, 6.07) is 8.29. The van der Waals surface area contributed by atoms with Crippen LogP contribution in [-0.4, -0.2) is 33.6 Å². The van der Waals surface area contributed by atoms with E-state index in [0.29, 0.717) is 6.04 Å². The number of benzene rings is 1. The van der Waals surface area contributed by atoms with Gasteiger partial charge >= 0.3 is 0 Å². The minimum absolute atomic E-state index is 0.364. The highest BCUT2D eigenvalue weighted by Gasteiger charge is 2.11. The Bertz CT molecular complexity index is 512. The van der Waals surface area contributed by atoms with Crippen LogP contribution in [0.2, 0.25) is 5.02 Å². The minimum atomic E-state index is 0.364. The monoisotopic (exact) mass is 296 g/mol. The van der Waals surface area contributed by atoms with Crippen molar-refractivity contribution < 1.29 is 0 Å². The van der Waals surface area contributed by atoms with Crippen molar-refractivity contribution >= 4 is 23.4 Å². The predicted molar refractivity (Wildman–Crippen MR) is 79.7 cm³/mol. The highest BCUT2D eigenvalue weighted by Crippen LogP contribution is 2.21. The van der Waals surface area contributed by atoms with Gasteiger partial charge in [0.15, 0.2) is 0 Å². The molecule has 1 heterocycles. The largest absolute Gasteiger partial charge is 0.316 e. The second-order valence-electron chi connectivity index (χ2n) is 4.25. The lowest BCUT2D eigenvalue weighted by Gasteiger charge is -2.15. The smallest absolute Gasteiger partial charge is 0.138 e. The maximum absolute atomic E-state index is 5.87. The molecular weight excluding hydrogens is 280 g/mol. The fourth-order valence-electron chi connectivity index (χ4n) is 1.70. The topological polar surface area (TPSA) is 42.7 Å². The van der Waals surface area contributed by atoms with E-state index in [1.54, 1.807) is 6.33 Å². The van der Waals surface area contributed by atoms with E-state index in [0.717, 1.165) is 23.0 Å². The zero-order chi connectivity index (χ0) is 13.7. The summed E-state index contributed by atoms with van der Waals surface area (Å²) in [7, 11) is 3.89. The number of halogens is 1. The molecule has 0 saturated heterocycles. The number of aryl methyl sites for hydroxylation is 1. The molecule has 0 saturated carbocycles. The van der Waals surface area contributed by atoms with Crippen LogP contribution in [0.5, 0.6) is 0 Å². The number of nitrogens with one attached hydrogen (secondary N) is 1. The summed E-state index contributed by atoms with van der Waals surface area (Å²) in [5.41, 5.74) is 0. The standard InChI is InChI=1S/C13H17ClN4S/c1-15-11(7-13-16-9-17-18(13)2)8-19-12-5-3-10(14)4-6-12/h3-6,9,11,15H,7-8H2,1-2H3. The molecule has 0 aliphatic rings. The van der Waals surface area contributed by atoms with Crippen LogP contribution < -0.4 is 5.32 Å². The molecule has 2 aromatic rings. The van der Waals surface area contributed by atoms with Gasteiger partial charge in [0.1, 0.15) is 12.2 Å². The molecule has 0 bridgehead atoms. The first-order valence-corrected chi connectivity index (χ1v) is 7.44. The molecule has 2 rings (SSSR count). The zero-order valence-electron chi connectivity index (χ0n) is 11.0. The van der Waals surface area contributed by atoms with E-state index in [1.165, 1.54) is 4.90 Å². The summed E-state index contributed by atoms with van der Waals surface area (Å²) in [6.45, 7) is 0. The Morgan fingerprint density at radius 1 is 1.37 bits per heavy atom. The van der Waals surface area contributed by atoms with Crippen LogP contribution in [-0.2, 0) is 13.5 Å². The maximum atomic E-state index is 5.87. The molecule has 0 aliphatic carbocycles. The summed E-state index contributed by atoms with van der Waals surface area (Å²) < 4.78 is 1.82. The van der Waals surface area contributed by atoms with Gasteiger partial charge in [-0.1, -0.05) is 11.6 Å². The van der Waals surface area contributed by atoms with Gasteiger partial charge in [-0.05, 0) is 31.3 Å². The van der Waals surface area contributed by atoms with Gasteiger partial charge in [-0.25, -0.2) is 4.98 Å². The van der Waals surface area contributed by atoms with Crippen molar-refractivity contribution in [1.29, 1.82) is 0 Å². The van der Waals surface area contributed by atoms with E-state index in [9.17, 15) is 0 Å². The minimum Gasteiger partial charge on any atom is -0.316 e. The first kappa shape index (κ1) is 14.4. The Kier molecular flexibility index (Phi) is 5.24. The van der Waals surface area contributed by atoms with Gasteiger partial charge in [0.05, 0.1) is 0 Å². The van der Waals surface area contributed by atoms with E-state index in [-0.39, 0.29) is 0 Å². The second-order valence-corrected chi connectivity index (χ2v) is 5.78. The van der Waals surface area contributed by atoms with Crippen molar-refractivity contribution in [2.24, 2.45) is 7.05 Å². The number of hydrogen-bond acceptors (Lipinski definition) is 4. The van der Waals surface area contributed by atoms with Crippen LogP contribution in [0.25, 0.3) is 0 Å². The molecule has 1 unspecified atom stereocenters. The molecule has 0 spiro atoms. The van der Waals surface area contributed by atoms with Crippen molar-refractivity contribution in [3.05, 3.63) is 41.4 Å². The molecule has 0 amide bonds. The van der Waals surface area contributed by atoms with Crippen LogP contribution >= 0.6 is 23.4 Å². The number of hydrogen-bond donors (Lipinski definition) is 1. The molecule has 0 fully saturated rings. The molecule has 1 atom stereocenters. The van der Waals surface area contributed by atoms with Gasteiger partial charge in [0, 0.05) is 35.2 Å². The first-order chi connectivity index (χ1) is 9.19. The number of thioether (sulfide) groups is 1. The molecule has 4 nitrogen and oxygen atoms in total. The molecule has 1 aromatic carbocycles. The molecule has 1 N–H and O–H groups in total. The maximum Gasteiger partial charge on any atom is 0.138 e. The van der Waals surface area contributed by atoms with Crippen LogP contribution in [0.1, 0.15) is 5.82 Å². The quantitative estimate of drug-likeness (QED) is 0.831. The normalized spacial score (nSPS) is 12.6. The van der Waals surface area contributed by atoms with Crippen molar-refractivity contribution in [3.63, 3.8) is 0 Å². The third-order valence-corrected chi connectivity index (χ3v) is 4.33. The zero-order valence-corrected chi connectivity index (χ0v) is 12.6. The van der Waals surface area contributed by atoms with Gasteiger partial charge in [0.25, 0.3) is 0 Å². The van der Waals surface area contributed by atoms with Gasteiger partial charge in [-0.15, -0.1) is 11.8 Å². The SMILES string of the molecule is CNC(CSc1ccc(Cl)cc1)Cc1ncnn1C. The van der Waals surface area contributed by atoms with Crippen molar-refractivity contribution in [3.8, 4) is 0 Å². The van der Waals surface area contributed by atoms with Crippen molar-refractivity contribution in [1.82, 2.24) is 20.1 Å². The lowest BCUT2D eigenvalue weighted by molar-refractivity contribution is 0.573. The summed E-state index contributed by atoms with van der Waals surface area (Å²) in [4.78, 5) is 5.48. The van der Waals surface area contributed by atoms with E-state index in [1.807, 2.05) is 54.8 Å². The third kappa shape index (κ3) is 4.23. The number of aromatic nitrogens is 3. The fourth-order valence-corrected chi connectivity index (χ4v) is 2.83. The van der Waals surface area contributed by atoms with Gasteiger partial charge in [-0.3, -0.25) is 4.68 Å². The van der Waals surface area contributed by atoms with Crippen LogP contribution in [0, 0.1) is 0 Å². The van der Waals surface area contributed by atoms with E-state index in [4.69, 9.17) is 11.6 Å². The molecule has 6 heteroatoms. The molecule has 102 valence electrons. The Hall–Kier alpha value is -1.04. The first-order valence-electron chi connectivity index (χ1n) is 6.07. The average molecular weight is 297 g/mol. The summed E-state index contributed by atoms with van der Waals surface area (Å²) in [6.07, 6.45) is 2.46. The molecule has 19 heavy (non-hydrogen) atoms. The molecule has 0 aliphatic heterocycles. The number of nitrogens with zero attached hydrogens (tertiary/aromatic N) is 3. The van der Waals surface area contributed by atoms with Crippen LogP contribution in [0.15, 0.2) is 35.5 Å². The van der Waals surface area contributed by atoms with Crippen LogP contribution in [0.3, 0.4) is 0 Å². The highest BCUT2D eigenvalue weighted by molar-refractivity contribution is 7.99. The van der Waals surface area contributed by atoms with Crippen molar-refractivity contribution in [2.45, 2.75) is 17.4 Å². The Balaban J connectivity index is 1.89. The summed E-state index contributed by atoms with van der Waals surface area (Å²) >= 11 is 7.69. The average Bonchev–Trinajstić information content (AvgIpc) is 2.82. The number of likely N-dealkylation sites (N-methyl/N-ethyl adjacent to an activating group) is 1. The Labute approximate surface area is 122 Å². The highest BCUT2D eigenvalue weighted by atomic mass is 35.5. The van der Waals surface area contributed by atoms with E-state index in [2.05, 4.69) is 15.4 Å². The Morgan fingerprint density at radius 2 is 2.11 bits per heavy atom.